The highest BCUT2D eigenvalue weighted by molar-refractivity contribution is 7.89. The molecule has 0 aliphatic carbocycles. The highest BCUT2D eigenvalue weighted by Gasteiger charge is 2.19. The predicted octanol–water partition coefficient (Wildman–Crippen LogP) is 3.87. The Hall–Kier alpha value is -3.49. The van der Waals surface area contributed by atoms with Crippen LogP contribution in [0.2, 0.25) is 0 Å². The number of aryl methyl sites for hydroxylation is 1. The molecule has 7 nitrogen and oxygen atoms in total. The van der Waals surface area contributed by atoms with Crippen molar-refractivity contribution >= 4 is 32.5 Å². The fourth-order valence-corrected chi connectivity index (χ4v) is 4.10. The monoisotopic (exact) mass is 421 g/mol. The van der Waals surface area contributed by atoms with Crippen molar-refractivity contribution in [3.8, 4) is 0 Å². The molecule has 2 aromatic carbocycles. The smallest absolute Gasteiger partial charge is 0.255 e. The van der Waals surface area contributed by atoms with Crippen LogP contribution in [0.3, 0.4) is 0 Å². The summed E-state index contributed by atoms with van der Waals surface area (Å²) in [5, 5.41) is 3.67. The van der Waals surface area contributed by atoms with Gasteiger partial charge < -0.3 is 9.73 Å². The number of pyridine rings is 1. The molecule has 2 heterocycles. The average molecular weight is 421 g/mol. The van der Waals surface area contributed by atoms with Gasteiger partial charge >= 0.3 is 0 Å². The summed E-state index contributed by atoms with van der Waals surface area (Å²) < 4.78 is 32.9. The van der Waals surface area contributed by atoms with E-state index >= 15 is 0 Å². The third kappa shape index (κ3) is 4.10. The van der Waals surface area contributed by atoms with Crippen molar-refractivity contribution in [1.82, 2.24) is 9.71 Å². The molecular formula is C22H19N3O4S. The van der Waals surface area contributed by atoms with Crippen LogP contribution in [0, 0.1) is 6.92 Å². The third-order valence-electron chi connectivity index (χ3n) is 4.67. The van der Waals surface area contributed by atoms with E-state index in [1.54, 1.807) is 49.5 Å². The van der Waals surface area contributed by atoms with Gasteiger partial charge in [0.2, 0.25) is 10.0 Å². The third-order valence-corrected chi connectivity index (χ3v) is 6.07. The number of furan rings is 1. The summed E-state index contributed by atoms with van der Waals surface area (Å²) in [5.74, 6) is 0.0974. The van der Waals surface area contributed by atoms with Gasteiger partial charge in [-0.2, -0.15) is 0 Å². The standard InChI is InChI=1S/C22H19N3O4S/c1-15-9-10-17(30(27,28)24-14-16-5-4-12-29-16)13-19(15)22(26)25-21-8-2-7-20-18(21)6-3-11-23-20/h2-13,24H,14H2,1H3,(H,25,26). The number of nitrogens with zero attached hydrogens (tertiary/aromatic N) is 1. The molecule has 1 amide bonds. The number of sulfonamides is 1. The molecule has 0 unspecified atom stereocenters. The number of fused-ring (bicyclic) bond motifs is 1. The largest absolute Gasteiger partial charge is 0.468 e. The SMILES string of the molecule is Cc1ccc(S(=O)(=O)NCc2ccco2)cc1C(=O)Nc1cccc2ncccc12. The second kappa shape index (κ2) is 8.10. The zero-order valence-electron chi connectivity index (χ0n) is 16.1. The Morgan fingerprint density at radius 2 is 1.93 bits per heavy atom. The van der Waals surface area contributed by atoms with Gasteiger partial charge in [0.15, 0.2) is 0 Å². The number of anilines is 1. The van der Waals surface area contributed by atoms with Gasteiger partial charge in [0.25, 0.3) is 5.91 Å². The second-order valence-corrected chi connectivity index (χ2v) is 8.48. The van der Waals surface area contributed by atoms with Crippen molar-refractivity contribution < 1.29 is 17.6 Å². The van der Waals surface area contributed by atoms with Gasteiger partial charge in [0.05, 0.1) is 28.9 Å². The number of carbonyl (C=O) groups excluding carboxylic acids is 1. The van der Waals surface area contributed by atoms with Gasteiger partial charge in [-0.25, -0.2) is 13.1 Å². The molecule has 0 radical (unpaired) electrons. The van der Waals surface area contributed by atoms with Crippen molar-refractivity contribution in [1.29, 1.82) is 0 Å². The summed E-state index contributed by atoms with van der Waals surface area (Å²) in [6.07, 6.45) is 3.16. The average Bonchev–Trinajstić information content (AvgIpc) is 3.26. The van der Waals surface area contributed by atoms with Gasteiger partial charge in [-0.1, -0.05) is 12.1 Å². The molecule has 8 heteroatoms. The summed E-state index contributed by atoms with van der Waals surface area (Å²) >= 11 is 0. The number of nitrogens with one attached hydrogen (secondary N) is 2. The fraction of sp³-hybridized carbons (Fsp3) is 0.0909. The zero-order chi connectivity index (χ0) is 21.1. The minimum atomic E-state index is -3.82. The lowest BCUT2D eigenvalue weighted by molar-refractivity contribution is 0.102. The van der Waals surface area contributed by atoms with E-state index in [-0.39, 0.29) is 17.0 Å². The second-order valence-electron chi connectivity index (χ2n) is 6.71. The summed E-state index contributed by atoms with van der Waals surface area (Å²) in [6, 6.07) is 16.9. The lowest BCUT2D eigenvalue weighted by Crippen LogP contribution is -2.24. The lowest BCUT2D eigenvalue weighted by atomic mass is 10.1. The maximum atomic E-state index is 12.9. The maximum absolute atomic E-state index is 12.9. The van der Waals surface area contributed by atoms with E-state index in [9.17, 15) is 13.2 Å². The quantitative estimate of drug-likeness (QED) is 0.492. The molecule has 2 aromatic heterocycles. The Balaban J connectivity index is 1.60. The van der Waals surface area contributed by atoms with E-state index < -0.39 is 15.9 Å². The summed E-state index contributed by atoms with van der Waals surface area (Å²) in [7, 11) is -3.82. The van der Waals surface area contributed by atoms with E-state index in [1.165, 1.54) is 18.4 Å². The van der Waals surface area contributed by atoms with E-state index in [4.69, 9.17) is 4.42 Å². The van der Waals surface area contributed by atoms with Crippen LogP contribution in [0.5, 0.6) is 0 Å². The Kier molecular flexibility index (Phi) is 5.35. The van der Waals surface area contributed by atoms with E-state index in [2.05, 4.69) is 15.0 Å². The first-order valence-electron chi connectivity index (χ1n) is 9.22. The van der Waals surface area contributed by atoms with Gasteiger partial charge in [-0.05, 0) is 61.0 Å². The molecule has 0 bridgehead atoms. The van der Waals surface area contributed by atoms with Crippen molar-refractivity contribution in [2.45, 2.75) is 18.4 Å². The lowest BCUT2D eigenvalue weighted by Gasteiger charge is -2.12. The minimum absolute atomic E-state index is 0.00407. The van der Waals surface area contributed by atoms with Gasteiger partial charge in [-0.15, -0.1) is 0 Å². The summed E-state index contributed by atoms with van der Waals surface area (Å²) in [6.45, 7) is 1.78. The molecule has 0 spiro atoms. The molecule has 0 aliphatic heterocycles. The highest BCUT2D eigenvalue weighted by atomic mass is 32.2. The molecule has 0 fully saturated rings. The summed E-state index contributed by atoms with van der Waals surface area (Å²) in [5.41, 5.74) is 2.30. The van der Waals surface area contributed by atoms with E-state index in [0.717, 1.165) is 10.9 Å². The molecule has 0 aliphatic rings. The maximum Gasteiger partial charge on any atom is 0.255 e. The number of hydrogen-bond donors (Lipinski definition) is 2. The first-order valence-corrected chi connectivity index (χ1v) is 10.7. The van der Waals surface area contributed by atoms with Crippen LogP contribution >= 0.6 is 0 Å². The molecule has 30 heavy (non-hydrogen) atoms. The Labute approximate surface area is 173 Å². The molecule has 0 saturated carbocycles. The van der Waals surface area contributed by atoms with Crippen molar-refractivity contribution in [3.05, 3.63) is 90.0 Å². The molecule has 2 N–H and O–H groups in total. The Bertz CT molecular complexity index is 1310. The number of rotatable bonds is 6. The van der Waals surface area contributed by atoms with Gasteiger partial charge in [0.1, 0.15) is 5.76 Å². The van der Waals surface area contributed by atoms with Gasteiger partial charge in [0, 0.05) is 17.1 Å². The molecule has 4 rings (SSSR count). The van der Waals surface area contributed by atoms with Crippen molar-refractivity contribution in [3.63, 3.8) is 0 Å². The van der Waals surface area contributed by atoms with Crippen LogP contribution in [0.1, 0.15) is 21.7 Å². The first-order chi connectivity index (χ1) is 14.4. The minimum Gasteiger partial charge on any atom is -0.468 e. The van der Waals surface area contributed by atoms with Crippen molar-refractivity contribution in [2.75, 3.05) is 5.32 Å². The van der Waals surface area contributed by atoms with Crippen LogP contribution in [0.4, 0.5) is 5.69 Å². The summed E-state index contributed by atoms with van der Waals surface area (Å²) in [4.78, 5) is 17.2. The molecule has 0 atom stereocenters. The van der Waals surface area contributed by atoms with Crippen molar-refractivity contribution in [2.24, 2.45) is 0 Å². The van der Waals surface area contributed by atoms with Gasteiger partial charge in [-0.3, -0.25) is 9.78 Å². The number of amides is 1. The molecular weight excluding hydrogens is 402 g/mol. The predicted molar refractivity (Wildman–Crippen MR) is 114 cm³/mol. The number of benzene rings is 2. The van der Waals surface area contributed by atoms with E-state index in [1.807, 2.05) is 12.1 Å². The topological polar surface area (TPSA) is 101 Å². The Morgan fingerprint density at radius 3 is 2.73 bits per heavy atom. The number of carbonyl (C=O) groups is 1. The normalized spacial score (nSPS) is 11.5. The zero-order valence-corrected chi connectivity index (χ0v) is 16.9. The number of hydrogen-bond acceptors (Lipinski definition) is 5. The number of aromatic nitrogens is 1. The van der Waals surface area contributed by atoms with E-state index in [0.29, 0.717) is 17.0 Å². The van der Waals surface area contributed by atoms with Crippen LogP contribution in [0.25, 0.3) is 10.9 Å². The molecule has 152 valence electrons. The van der Waals surface area contributed by atoms with Crippen LogP contribution in [-0.2, 0) is 16.6 Å². The fourth-order valence-electron chi connectivity index (χ4n) is 3.08. The molecule has 4 aromatic rings. The molecule has 0 saturated heterocycles. The first kappa shape index (κ1) is 19.8. The highest BCUT2D eigenvalue weighted by Crippen LogP contribution is 2.23. The van der Waals surface area contributed by atoms with Crippen LogP contribution in [-0.4, -0.2) is 19.3 Å². The van der Waals surface area contributed by atoms with Crippen LogP contribution < -0.4 is 10.0 Å². The Morgan fingerprint density at radius 1 is 1.07 bits per heavy atom. The van der Waals surface area contributed by atoms with Crippen LogP contribution in [0.15, 0.2) is 82.4 Å².